The number of anilines is 1. The third-order valence-corrected chi connectivity index (χ3v) is 5.84. The lowest BCUT2D eigenvalue weighted by Gasteiger charge is -2.36. The van der Waals surface area contributed by atoms with E-state index in [1.54, 1.807) is 12.1 Å². The lowest BCUT2D eigenvalue weighted by molar-refractivity contribution is -0.125. The van der Waals surface area contributed by atoms with Gasteiger partial charge in [-0.1, -0.05) is 12.1 Å². The molecule has 0 saturated carbocycles. The van der Waals surface area contributed by atoms with Gasteiger partial charge in [-0.05, 0) is 48.7 Å². The van der Waals surface area contributed by atoms with Crippen LogP contribution in [0.15, 0.2) is 47.4 Å². The van der Waals surface area contributed by atoms with Gasteiger partial charge in [0.15, 0.2) is 0 Å². The van der Waals surface area contributed by atoms with Crippen molar-refractivity contribution in [3.63, 3.8) is 0 Å². The first-order chi connectivity index (χ1) is 13.3. The second-order valence-electron chi connectivity index (χ2n) is 6.57. The number of hydrogen-bond donors (Lipinski definition) is 2. The third kappa shape index (κ3) is 4.01. The first-order valence-corrected chi connectivity index (χ1v) is 10.2. The van der Waals surface area contributed by atoms with Gasteiger partial charge in [-0.25, -0.2) is 17.9 Å². The summed E-state index contributed by atoms with van der Waals surface area (Å²) in [5.41, 5.74) is 0.0332. The highest BCUT2D eigenvalue weighted by Gasteiger charge is 2.41. The van der Waals surface area contributed by atoms with E-state index in [2.05, 4.69) is 5.32 Å². The molecule has 0 aromatic heterocycles. The SMILES string of the molecule is COc1ccc(NC(=O)C2(c3ccc(F)cc3)CCOCC2)cc1S(N)(=O)=O. The minimum atomic E-state index is -4.04. The minimum absolute atomic E-state index is 0.0832. The summed E-state index contributed by atoms with van der Waals surface area (Å²) in [5.74, 6) is -0.632. The largest absolute Gasteiger partial charge is 0.495 e. The van der Waals surface area contributed by atoms with Gasteiger partial charge in [-0.15, -0.1) is 0 Å². The van der Waals surface area contributed by atoms with Crippen LogP contribution >= 0.6 is 0 Å². The zero-order valence-corrected chi connectivity index (χ0v) is 16.1. The number of halogens is 1. The zero-order valence-electron chi connectivity index (χ0n) is 15.3. The maximum Gasteiger partial charge on any atom is 0.241 e. The molecule has 1 heterocycles. The van der Waals surface area contributed by atoms with Crippen LogP contribution in [-0.4, -0.2) is 34.6 Å². The van der Waals surface area contributed by atoms with Crippen LogP contribution < -0.4 is 15.2 Å². The third-order valence-electron chi connectivity index (χ3n) is 4.91. The van der Waals surface area contributed by atoms with Crippen LogP contribution in [-0.2, 0) is 25.0 Å². The Hall–Kier alpha value is -2.49. The molecule has 28 heavy (non-hydrogen) atoms. The van der Waals surface area contributed by atoms with E-state index >= 15 is 0 Å². The average Bonchev–Trinajstić information content (AvgIpc) is 2.68. The van der Waals surface area contributed by atoms with Gasteiger partial charge >= 0.3 is 0 Å². The molecule has 0 aliphatic carbocycles. The highest BCUT2D eigenvalue weighted by atomic mass is 32.2. The molecule has 0 unspecified atom stereocenters. The van der Waals surface area contributed by atoms with E-state index in [4.69, 9.17) is 14.6 Å². The van der Waals surface area contributed by atoms with Crippen molar-refractivity contribution in [2.75, 3.05) is 25.6 Å². The molecule has 0 radical (unpaired) electrons. The van der Waals surface area contributed by atoms with E-state index in [9.17, 15) is 17.6 Å². The molecule has 0 spiro atoms. The molecule has 1 fully saturated rings. The van der Waals surface area contributed by atoms with Crippen molar-refractivity contribution in [1.29, 1.82) is 0 Å². The highest BCUT2D eigenvalue weighted by molar-refractivity contribution is 7.89. The number of methoxy groups -OCH3 is 1. The van der Waals surface area contributed by atoms with E-state index in [0.717, 1.165) is 0 Å². The van der Waals surface area contributed by atoms with Crippen molar-refractivity contribution in [3.8, 4) is 5.75 Å². The molecule has 7 nitrogen and oxygen atoms in total. The minimum Gasteiger partial charge on any atom is -0.495 e. The van der Waals surface area contributed by atoms with Crippen LogP contribution in [0.3, 0.4) is 0 Å². The summed E-state index contributed by atoms with van der Waals surface area (Å²) in [5, 5.41) is 8.00. The molecule has 150 valence electrons. The van der Waals surface area contributed by atoms with Crippen molar-refractivity contribution in [2.45, 2.75) is 23.2 Å². The summed E-state index contributed by atoms with van der Waals surface area (Å²) in [4.78, 5) is 13.0. The van der Waals surface area contributed by atoms with Gasteiger partial charge in [-0.3, -0.25) is 4.79 Å². The quantitative estimate of drug-likeness (QED) is 0.788. The molecule has 2 aromatic carbocycles. The fourth-order valence-electron chi connectivity index (χ4n) is 3.36. The average molecular weight is 408 g/mol. The molecule has 2 aromatic rings. The predicted molar refractivity (Wildman–Crippen MR) is 101 cm³/mol. The van der Waals surface area contributed by atoms with E-state index in [0.29, 0.717) is 31.6 Å². The highest BCUT2D eigenvalue weighted by Crippen LogP contribution is 2.37. The van der Waals surface area contributed by atoms with Crippen LogP contribution in [0.2, 0.25) is 0 Å². The number of ether oxygens (including phenoxy) is 2. The number of rotatable bonds is 5. The topological polar surface area (TPSA) is 108 Å². The fourth-order valence-corrected chi connectivity index (χ4v) is 4.09. The van der Waals surface area contributed by atoms with Crippen LogP contribution in [0.5, 0.6) is 5.75 Å². The first-order valence-electron chi connectivity index (χ1n) is 8.62. The Morgan fingerprint density at radius 1 is 1.18 bits per heavy atom. The Balaban J connectivity index is 1.96. The summed E-state index contributed by atoms with van der Waals surface area (Å²) in [6.45, 7) is 0.770. The summed E-state index contributed by atoms with van der Waals surface area (Å²) < 4.78 is 47.4. The van der Waals surface area contributed by atoms with Gasteiger partial charge in [-0.2, -0.15) is 0 Å². The molecule has 0 atom stereocenters. The van der Waals surface area contributed by atoms with Gasteiger partial charge < -0.3 is 14.8 Å². The standard InChI is InChI=1S/C19H21FN2O5S/c1-26-16-7-6-15(12-17(16)28(21,24)25)22-18(23)19(8-10-27-11-9-19)13-2-4-14(20)5-3-13/h2-7,12H,8-11H2,1H3,(H,22,23)(H2,21,24,25). The number of nitrogens with two attached hydrogens (primary N) is 1. The van der Waals surface area contributed by atoms with Crippen molar-refractivity contribution in [2.24, 2.45) is 5.14 Å². The Morgan fingerprint density at radius 2 is 1.82 bits per heavy atom. The molecule has 1 aliphatic heterocycles. The summed E-state index contributed by atoms with van der Waals surface area (Å²) in [6.07, 6.45) is 0.839. The smallest absolute Gasteiger partial charge is 0.241 e. The summed E-state index contributed by atoms with van der Waals surface area (Å²) in [7, 11) is -2.71. The van der Waals surface area contributed by atoms with Gasteiger partial charge in [0.2, 0.25) is 15.9 Å². The Kier molecular flexibility index (Phi) is 5.69. The Labute approximate surface area is 162 Å². The fraction of sp³-hybridized carbons (Fsp3) is 0.316. The summed E-state index contributed by atoms with van der Waals surface area (Å²) in [6, 6.07) is 10.0. The zero-order chi connectivity index (χ0) is 20.4. The molecule has 3 rings (SSSR count). The van der Waals surface area contributed by atoms with Crippen molar-refractivity contribution in [3.05, 3.63) is 53.8 Å². The van der Waals surface area contributed by atoms with Gasteiger partial charge in [0.1, 0.15) is 16.5 Å². The Bertz CT molecular complexity index is 970. The van der Waals surface area contributed by atoms with E-state index < -0.39 is 15.4 Å². The van der Waals surface area contributed by atoms with E-state index in [1.807, 2.05) is 0 Å². The van der Waals surface area contributed by atoms with Crippen molar-refractivity contribution < 1.29 is 27.1 Å². The second-order valence-corrected chi connectivity index (χ2v) is 8.10. The monoisotopic (exact) mass is 408 g/mol. The van der Waals surface area contributed by atoms with Crippen LogP contribution in [0, 0.1) is 5.82 Å². The van der Waals surface area contributed by atoms with Gasteiger partial charge in [0, 0.05) is 18.9 Å². The lowest BCUT2D eigenvalue weighted by Crippen LogP contribution is -2.44. The molecule has 0 bridgehead atoms. The maximum atomic E-state index is 13.3. The van der Waals surface area contributed by atoms with Crippen molar-refractivity contribution >= 4 is 21.6 Å². The molecule has 3 N–H and O–H groups in total. The van der Waals surface area contributed by atoms with Crippen LogP contribution in [0.4, 0.5) is 10.1 Å². The van der Waals surface area contributed by atoms with Crippen LogP contribution in [0.1, 0.15) is 18.4 Å². The molecular formula is C19H21FN2O5S. The number of carbonyl (C=O) groups excluding carboxylic acids is 1. The number of hydrogen-bond acceptors (Lipinski definition) is 5. The number of nitrogens with one attached hydrogen (secondary N) is 1. The molecule has 1 saturated heterocycles. The van der Waals surface area contributed by atoms with Crippen LogP contribution in [0.25, 0.3) is 0 Å². The first kappa shape index (κ1) is 20.2. The number of carbonyl (C=O) groups is 1. The van der Waals surface area contributed by atoms with Crippen molar-refractivity contribution in [1.82, 2.24) is 0 Å². The number of amides is 1. The Morgan fingerprint density at radius 3 is 2.39 bits per heavy atom. The molecule has 9 heteroatoms. The number of primary sulfonamides is 1. The maximum absolute atomic E-state index is 13.3. The second kappa shape index (κ2) is 7.86. The lowest BCUT2D eigenvalue weighted by atomic mass is 9.73. The van der Waals surface area contributed by atoms with E-state index in [1.165, 1.54) is 37.4 Å². The molecular weight excluding hydrogens is 387 g/mol. The predicted octanol–water partition coefficient (Wildman–Crippen LogP) is 2.17. The normalized spacial score (nSPS) is 16.4. The van der Waals surface area contributed by atoms with E-state index in [-0.39, 0.29) is 28.1 Å². The number of sulfonamides is 1. The van der Waals surface area contributed by atoms with Gasteiger partial charge in [0.25, 0.3) is 0 Å². The molecule has 1 amide bonds. The van der Waals surface area contributed by atoms with Gasteiger partial charge in [0.05, 0.1) is 12.5 Å². The summed E-state index contributed by atoms with van der Waals surface area (Å²) >= 11 is 0. The molecule has 1 aliphatic rings. The number of benzene rings is 2.